The van der Waals surface area contributed by atoms with E-state index in [4.69, 9.17) is 5.73 Å². The van der Waals surface area contributed by atoms with Gasteiger partial charge in [0.05, 0.1) is 0 Å². The highest BCUT2D eigenvalue weighted by atomic mass is 15.1. The van der Waals surface area contributed by atoms with Crippen molar-refractivity contribution in [3.8, 4) is 0 Å². The summed E-state index contributed by atoms with van der Waals surface area (Å²) in [4.78, 5) is 4.81. The smallest absolute Gasteiger partial charge is 0.00103 e. The van der Waals surface area contributed by atoms with Gasteiger partial charge in [0, 0.05) is 6.04 Å². The van der Waals surface area contributed by atoms with Gasteiger partial charge in [-0.3, -0.25) is 0 Å². The highest BCUT2D eigenvalue weighted by molar-refractivity contribution is 4.62. The van der Waals surface area contributed by atoms with E-state index >= 15 is 0 Å². The fourth-order valence-corrected chi connectivity index (χ4v) is 1.95. The number of nitrogens with one attached hydrogen (secondary N) is 1. The van der Waals surface area contributed by atoms with Crippen molar-refractivity contribution in [2.24, 2.45) is 5.73 Å². The van der Waals surface area contributed by atoms with Crippen LogP contribution >= 0.6 is 0 Å². The summed E-state index contributed by atoms with van der Waals surface area (Å²) in [6, 6.07) is 0.594. The number of nitrogens with zero attached hydrogens (tertiary/aromatic N) is 2. The van der Waals surface area contributed by atoms with Crippen LogP contribution in [0.4, 0.5) is 0 Å². The maximum Gasteiger partial charge on any atom is 0.00103 e. The van der Waals surface area contributed by atoms with Crippen LogP contribution in [0, 0.1) is 0 Å². The molecular formula is C14H34N4. The molecule has 0 atom stereocenters. The van der Waals surface area contributed by atoms with Gasteiger partial charge in [0.25, 0.3) is 0 Å². The molecule has 0 radical (unpaired) electrons. The molecule has 0 aliphatic rings. The molecular weight excluding hydrogens is 224 g/mol. The third-order valence-electron chi connectivity index (χ3n) is 2.96. The minimum atomic E-state index is 0.594. The summed E-state index contributed by atoms with van der Waals surface area (Å²) in [6.07, 6.45) is 3.58. The molecule has 0 saturated carbocycles. The van der Waals surface area contributed by atoms with Crippen molar-refractivity contribution in [3.05, 3.63) is 0 Å². The quantitative estimate of drug-likeness (QED) is 0.512. The number of rotatable bonds is 12. The van der Waals surface area contributed by atoms with E-state index in [1.165, 1.54) is 32.5 Å². The SMILES string of the molecule is CC(C)NCCCN(CCCN)CCCN(C)C. The van der Waals surface area contributed by atoms with Crippen LogP contribution in [0.2, 0.25) is 0 Å². The predicted octanol–water partition coefficient (Wildman–Crippen LogP) is 0.977. The van der Waals surface area contributed by atoms with Crippen LogP contribution in [-0.2, 0) is 0 Å². The molecule has 0 heterocycles. The fraction of sp³-hybridized carbons (Fsp3) is 1.00. The molecule has 0 aromatic rings. The predicted molar refractivity (Wildman–Crippen MR) is 81.0 cm³/mol. The van der Waals surface area contributed by atoms with Crippen molar-refractivity contribution < 1.29 is 0 Å². The summed E-state index contributed by atoms with van der Waals surface area (Å²) in [5.74, 6) is 0. The second-order valence-corrected chi connectivity index (χ2v) is 5.60. The Balaban J connectivity index is 3.69. The summed E-state index contributed by atoms with van der Waals surface area (Å²) in [5.41, 5.74) is 5.60. The Hall–Kier alpha value is -0.160. The number of hydrogen-bond donors (Lipinski definition) is 2. The van der Waals surface area contributed by atoms with E-state index in [9.17, 15) is 0 Å². The van der Waals surface area contributed by atoms with E-state index in [0.29, 0.717) is 6.04 Å². The van der Waals surface area contributed by atoms with Crippen LogP contribution in [0.5, 0.6) is 0 Å². The van der Waals surface area contributed by atoms with Gasteiger partial charge in [-0.1, -0.05) is 13.8 Å². The first-order valence-corrected chi connectivity index (χ1v) is 7.36. The largest absolute Gasteiger partial charge is 0.330 e. The van der Waals surface area contributed by atoms with Crippen LogP contribution < -0.4 is 11.1 Å². The van der Waals surface area contributed by atoms with Gasteiger partial charge in [0.1, 0.15) is 0 Å². The van der Waals surface area contributed by atoms with Gasteiger partial charge >= 0.3 is 0 Å². The normalized spacial score (nSPS) is 12.0. The third kappa shape index (κ3) is 12.3. The van der Waals surface area contributed by atoms with E-state index in [1.54, 1.807) is 0 Å². The first kappa shape index (κ1) is 17.8. The molecule has 4 nitrogen and oxygen atoms in total. The van der Waals surface area contributed by atoms with Crippen LogP contribution in [0.3, 0.4) is 0 Å². The molecule has 3 N–H and O–H groups in total. The first-order valence-electron chi connectivity index (χ1n) is 7.36. The van der Waals surface area contributed by atoms with Gasteiger partial charge in [0.15, 0.2) is 0 Å². The maximum atomic E-state index is 5.60. The molecule has 0 aliphatic heterocycles. The van der Waals surface area contributed by atoms with Crippen molar-refractivity contribution in [2.75, 3.05) is 53.4 Å². The van der Waals surface area contributed by atoms with E-state index < -0.39 is 0 Å². The van der Waals surface area contributed by atoms with Gasteiger partial charge in [0.2, 0.25) is 0 Å². The second-order valence-electron chi connectivity index (χ2n) is 5.60. The Labute approximate surface area is 114 Å². The molecule has 0 unspecified atom stereocenters. The fourth-order valence-electron chi connectivity index (χ4n) is 1.95. The monoisotopic (exact) mass is 258 g/mol. The number of hydrogen-bond acceptors (Lipinski definition) is 4. The van der Waals surface area contributed by atoms with Crippen LogP contribution in [0.15, 0.2) is 0 Å². The van der Waals surface area contributed by atoms with Crippen LogP contribution in [0.25, 0.3) is 0 Å². The zero-order valence-electron chi connectivity index (χ0n) is 12.9. The topological polar surface area (TPSA) is 44.5 Å². The second kappa shape index (κ2) is 11.9. The molecule has 0 saturated heterocycles. The van der Waals surface area contributed by atoms with Gasteiger partial charge in [-0.15, -0.1) is 0 Å². The van der Waals surface area contributed by atoms with Gasteiger partial charge < -0.3 is 20.9 Å². The van der Waals surface area contributed by atoms with Crippen LogP contribution in [0.1, 0.15) is 33.1 Å². The molecule has 0 aliphatic carbocycles. The maximum absolute atomic E-state index is 5.60. The van der Waals surface area contributed by atoms with E-state index in [-0.39, 0.29) is 0 Å². The molecule has 0 fully saturated rings. The first-order chi connectivity index (χ1) is 8.56. The molecule has 4 heteroatoms. The van der Waals surface area contributed by atoms with E-state index in [2.05, 4.69) is 43.1 Å². The Morgan fingerprint density at radius 2 is 1.56 bits per heavy atom. The van der Waals surface area contributed by atoms with Crippen molar-refractivity contribution >= 4 is 0 Å². The van der Waals surface area contributed by atoms with E-state index in [1.807, 2.05) is 0 Å². The van der Waals surface area contributed by atoms with E-state index in [0.717, 1.165) is 26.1 Å². The summed E-state index contributed by atoms with van der Waals surface area (Å²) in [6.45, 7) is 11.0. The average Bonchev–Trinajstić information content (AvgIpc) is 2.29. The van der Waals surface area contributed by atoms with Crippen molar-refractivity contribution in [1.29, 1.82) is 0 Å². The van der Waals surface area contributed by atoms with Crippen molar-refractivity contribution in [3.63, 3.8) is 0 Å². The average molecular weight is 258 g/mol. The molecule has 18 heavy (non-hydrogen) atoms. The Kier molecular flexibility index (Phi) is 11.8. The lowest BCUT2D eigenvalue weighted by molar-refractivity contribution is 0.249. The Morgan fingerprint density at radius 1 is 0.944 bits per heavy atom. The lowest BCUT2D eigenvalue weighted by Gasteiger charge is -2.23. The summed E-state index contributed by atoms with van der Waals surface area (Å²) >= 11 is 0. The zero-order valence-corrected chi connectivity index (χ0v) is 12.9. The molecule has 0 aromatic carbocycles. The summed E-state index contributed by atoms with van der Waals surface area (Å²) in [5, 5.41) is 3.47. The lowest BCUT2D eigenvalue weighted by atomic mass is 10.3. The highest BCUT2D eigenvalue weighted by Crippen LogP contribution is 1.97. The van der Waals surface area contributed by atoms with Gasteiger partial charge in [-0.05, 0) is 72.6 Å². The number of nitrogens with two attached hydrogens (primary N) is 1. The minimum Gasteiger partial charge on any atom is -0.330 e. The third-order valence-corrected chi connectivity index (χ3v) is 2.96. The molecule has 0 bridgehead atoms. The minimum absolute atomic E-state index is 0.594. The Morgan fingerprint density at radius 3 is 2.11 bits per heavy atom. The Bertz CT molecular complexity index is 171. The zero-order chi connectivity index (χ0) is 13.8. The van der Waals surface area contributed by atoms with Crippen molar-refractivity contribution in [2.45, 2.75) is 39.2 Å². The van der Waals surface area contributed by atoms with Gasteiger partial charge in [-0.2, -0.15) is 0 Å². The standard InChI is InChI=1S/C14H34N4/c1-14(2)16-9-6-12-18(11-5-8-15)13-7-10-17(3)4/h14,16H,5-13,15H2,1-4H3. The lowest BCUT2D eigenvalue weighted by Crippen LogP contribution is -2.33. The molecule has 0 rings (SSSR count). The summed E-state index contributed by atoms with van der Waals surface area (Å²) < 4.78 is 0. The molecule has 0 aromatic heterocycles. The highest BCUT2D eigenvalue weighted by Gasteiger charge is 2.04. The van der Waals surface area contributed by atoms with Crippen molar-refractivity contribution in [1.82, 2.24) is 15.1 Å². The molecule has 0 spiro atoms. The summed E-state index contributed by atoms with van der Waals surface area (Å²) in [7, 11) is 4.27. The van der Waals surface area contributed by atoms with Gasteiger partial charge in [-0.25, -0.2) is 0 Å². The molecule has 0 amide bonds. The van der Waals surface area contributed by atoms with Crippen LogP contribution in [-0.4, -0.2) is 69.2 Å². The molecule has 110 valence electrons.